The first-order valence-electron chi connectivity index (χ1n) is 5.58. The third kappa shape index (κ3) is 2.19. The number of aryl methyl sites for hydroxylation is 1. The van der Waals surface area contributed by atoms with Crippen LogP contribution in [0.2, 0.25) is 0 Å². The summed E-state index contributed by atoms with van der Waals surface area (Å²) >= 11 is 1.31. The van der Waals surface area contributed by atoms with Crippen molar-refractivity contribution >= 4 is 28.4 Å². The van der Waals surface area contributed by atoms with E-state index in [1.165, 1.54) is 11.8 Å². The lowest BCUT2D eigenvalue weighted by Gasteiger charge is -2.03. The monoisotopic (exact) mass is 273 g/mol. The number of anilines is 1. The topological polar surface area (TPSA) is 89.6 Å². The summed E-state index contributed by atoms with van der Waals surface area (Å²) in [5, 5.41) is 1.76. The minimum atomic E-state index is -0.200. The van der Waals surface area contributed by atoms with E-state index in [0.717, 1.165) is 5.16 Å². The molecule has 0 atom stereocenters. The van der Waals surface area contributed by atoms with E-state index in [9.17, 15) is 4.79 Å². The summed E-state index contributed by atoms with van der Waals surface area (Å²) in [5.41, 5.74) is 6.63. The van der Waals surface area contributed by atoms with E-state index in [-0.39, 0.29) is 5.56 Å². The fourth-order valence-electron chi connectivity index (χ4n) is 1.72. The normalized spacial score (nSPS) is 11.0. The zero-order valence-electron chi connectivity index (χ0n) is 10.1. The molecule has 96 valence electrons. The largest absolute Gasteiger partial charge is 0.399 e. The van der Waals surface area contributed by atoms with Gasteiger partial charge in [0.25, 0.3) is 5.56 Å². The van der Waals surface area contributed by atoms with Crippen LogP contribution in [0.3, 0.4) is 0 Å². The van der Waals surface area contributed by atoms with Gasteiger partial charge >= 0.3 is 0 Å². The van der Waals surface area contributed by atoms with Gasteiger partial charge < -0.3 is 15.3 Å². The second kappa shape index (κ2) is 4.43. The van der Waals surface area contributed by atoms with Crippen molar-refractivity contribution in [3.8, 4) is 0 Å². The second-order valence-electron chi connectivity index (χ2n) is 4.07. The predicted molar refractivity (Wildman–Crippen MR) is 74.1 cm³/mol. The molecule has 3 N–H and O–H groups in total. The van der Waals surface area contributed by atoms with Crippen molar-refractivity contribution in [2.75, 3.05) is 5.73 Å². The van der Waals surface area contributed by atoms with Crippen LogP contribution in [-0.2, 0) is 7.05 Å². The van der Waals surface area contributed by atoms with Crippen LogP contribution in [0.4, 0.5) is 5.69 Å². The summed E-state index contributed by atoms with van der Waals surface area (Å²) in [6.07, 6.45) is 3.53. The number of imidazole rings is 1. The number of nitrogens with zero attached hydrogens (tertiary/aromatic N) is 3. The third-order valence-corrected chi connectivity index (χ3v) is 3.64. The number of hydrogen-bond acceptors (Lipinski definition) is 5. The van der Waals surface area contributed by atoms with Crippen LogP contribution in [0.25, 0.3) is 10.9 Å². The molecule has 0 aliphatic heterocycles. The van der Waals surface area contributed by atoms with E-state index in [0.29, 0.717) is 21.7 Å². The number of rotatable bonds is 2. The average molecular weight is 273 g/mol. The Morgan fingerprint density at radius 3 is 3.00 bits per heavy atom. The standard InChI is InChI=1S/C12H11N5OS/c1-17-5-4-14-12(17)19-11-15-9-3-2-7(13)6-8(9)10(18)16-11/h2-6H,13H2,1H3,(H,15,16,18). The molecule has 7 heteroatoms. The molecule has 3 rings (SSSR count). The summed E-state index contributed by atoms with van der Waals surface area (Å²) in [5.74, 6) is 0. The highest BCUT2D eigenvalue weighted by atomic mass is 32.2. The number of hydrogen-bond donors (Lipinski definition) is 2. The Morgan fingerprint density at radius 1 is 1.42 bits per heavy atom. The minimum absolute atomic E-state index is 0.200. The number of aromatic amines is 1. The van der Waals surface area contributed by atoms with Gasteiger partial charge in [0.2, 0.25) is 0 Å². The Kier molecular flexibility index (Phi) is 2.75. The van der Waals surface area contributed by atoms with Crippen molar-refractivity contribution in [2.24, 2.45) is 7.05 Å². The Hall–Kier alpha value is -2.28. The van der Waals surface area contributed by atoms with E-state index in [2.05, 4.69) is 15.0 Å². The average Bonchev–Trinajstić information content (AvgIpc) is 2.76. The fourth-order valence-corrected chi connectivity index (χ4v) is 2.50. The van der Waals surface area contributed by atoms with Crippen LogP contribution >= 0.6 is 11.8 Å². The first-order chi connectivity index (χ1) is 9.13. The number of aromatic nitrogens is 4. The lowest BCUT2D eigenvalue weighted by Crippen LogP contribution is -2.09. The van der Waals surface area contributed by atoms with Crippen LogP contribution in [0, 0.1) is 0 Å². The van der Waals surface area contributed by atoms with Crippen molar-refractivity contribution < 1.29 is 0 Å². The molecule has 0 fully saturated rings. The maximum absolute atomic E-state index is 12.0. The van der Waals surface area contributed by atoms with Crippen molar-refractivity contribution in [3.05, 3.63) is 40.9 Å². The molecule has 6 nitrogen and oxygen atoms in total. The smallest absolute Gasteiger partial charge is 0.259 e. The molecule has 0 saturated heterocycles. The van der Waals surface area contributed by atoms with Gasteiger partial charge in [-0.3, -0.25) is 4.79 Å². The number of fused-ring (bicyclic) bond motifs is 1. The lowest BCUT2D eigenvalue weighted by atomic mass is 10.2. The summed E-state index contributed by atoms with van der Waals surface area (Å²) in [6.45, 7) is 0. The molecule has 0 amide bonds. The molecule has 2 heterocycles. The van der Waals surface area contributed by atoms with E-state index >= 15 is 0 Å². The number of nitrogens with two attached hydrogens (primary N) is 1. The Balaban J connectivity index is 2.09. The number of benzene rings is 1. The van der Waals surface area contributed by atoms with E-state index in [1.807, 2.05) is 17.8 Å². The highest BCUT2D eigenvalue weighted by Gasteiger charge is 2.08. The van der Waals surface area contributed by atoms with Gasteiger partial charge in [-0.15, -0.1) is 0 Å². The molecular formula is C12H11N5OS. The van der Waals surface area contributed by atoms with E-state index in [4.69, 9.17) is 5.73 Å². The van der Waals surface area contributed by atoms with E-state index in [1.54, 1.807) is 24.4 Å². The predicted octanol–water partition coefficient (Wildman–Crippen LogP) is 1.39. The summed E-state index contributed by atoms with van der Waals surface area (Å²) in [4.78, 5) is 23.3. The molecule has 0 aliphatic carbocycles. The summed E-state index contributed by atoms with van der Waals surface area (Å²) < 4.78 is 1.86. The Morgan fingerprint density at radius 2 is 2.26 bits per heavy atom. The summed E-state index contributed by atoms with van der Waals surface area (Å²) in [6, 6.07) is 5.09. The molecule has 0 spiro atoms. The molecular weight excluding hydrogens is 262 g/mol. The Labute approximate surface area is 112 Å². The molecule has 0 saturated carbocycles. The highest BCUT2D eigenvalue weighted by Crippen LogP contribution is 2.22. The zero-order valence-corrected chi connectivity index (χ0v) is 10.9. The molecule has 0 unspecified atom stereocenters. The first kappa shape index (κ1) is 11.8. The number of nitrogen functional groups attached to an aromatic ring is 1. The molecule has 19 heavy (non-hydrogen) atoms. The molecule has 1 aromatic carbocycles. The van der Waals surface area contributed by atoms with Gasteiger partial charge in [0, 0.05) is 25.1 Å². The number of H-pyrrole nitrogens is 1. The molecule has 0 aliphatic rings. The van der Waals surface area contributed by atoms with Gasteiger partial charge in [-0.2, -0.15) is 0 Å². The maximum Gasteiger partial charge on any atom is 0.259 e. The van der Waals surface area contributed by atoms with Crippen LogP contribution < -0.4 is 11.3 Å². The SMILES string of the molecule is Cn1ccnc1Sc1nc2ccc(N)cc2c(=O)[nH]1. The molecule has 0 bridgehead atoms. The number of nitrogens with one attached hydrogen (secondary N) is 1. The van der Waals surface area contributed by atoms with Crippen LogP contribution in [0.15, 0.2) is 45.7 Å². The Bertz CT molecular complexity index is 807. The van der Waals surface area contributed by atoms with Gasteiger partial charge in [0.1, 0.15) is 0 Å². The lowest BCUT2D eigenvalue weighted by molar-refractivity contribution is 0.785. The fraction of sp³-hybridized carbons (Fsp3) is 0.0833. The highest BCUT2D eigenvalue weighted by molar-refractivity contribution is 7.99. The van der Waals surface area contributed by atoms with Gasteiger partial charge in [-0.25, -0.2) is 9.97 Å². The van der Waals surface area contributed by atoms with Crippen molar-refractivity contribution in [1.29, 1.82) is 0 Å². The van der Waals surface area contributed by atoms with Crippen molar-refractivity contribution in [1.82, 2.24) is 19.5 Å². The van der Waals surface area contributed by atoms with Crippen molar-refractivity contribution in [2.45, 2.75) is 10.3 Å². The minimum Gasteiger partial charge on any atom is -0.399 e. The quantitative estimate of drug-likeness (QED) is 0.544. The first-order valence-corrected chi connectivity index (χ1v) is 6.40. The van der Waals surface area contributed by atoms with Crippen LogP contribution in [0.5, 0.6) is 0 Å². The van der Waals surface area contributed by atoms with Gasteiger partial charge in [-0.1, -0.05) is 0 Å². The van der Waals surface area contributed by atoms with Gasteiger partial charge in [0.05, 0.1) is 10.9 Å². The zero-order chi connectivity index (χ0) is 13.4. The molecule has 3 aromatic rings. The van der Waals surface area contributed by atoms with Gasteiger partial charge in [-0.05, 0) is 30.0 Å². The van der Waals surface area contributed by atoms with E-state index < -0.39 is 0 Å². The van der Waals surface area contributed by atoms with Gasteiger partial charge in [0.15, 0.2) is 10.3 Å². The molecule has 0 radical (unpaired) electrons. The van der Waals surface area contributed by atoms with Crippen molar-refractivity contribution in [3.63, 3.8) is 0 Å². The third-order valence-electron chi connectivity index (χ3n) is 2.67. The van der Waals surface area contributed by atoms with Crippen LogP contribution in [-0.4, -0.2) is 19.5 Å². The second-order valence-corrected chi connectivity index (χ2v) is 5.03. The molecule has 2 aromatic heterocycles. The van der Waals surface area contributed by atoms with Crippen LogP contribution in [0.1, 0.15) is 0 Å². The summed E-state index contributed by atoms with van der Waals surface area (Å²) in [7, 11) is 1.88. The maximum atomic E-state index is 12.0.